The van der Waals surface area contributed by atoms with Gasteiger partial charge < -0.3 is 18.9 Å². The van der Waals surface area contributed by atoms with Gasteiger partial charge in [0, 0.05) is 25.6 Å². The average molecular weight is 437 g/mol. The number of amides is 1. The molecule has 0 bridgehead atoms. The third-order valence-corrected chi connectivity index (χ3v) is 7.78. The molecule has 170 valence electrons. The van der Waals surface area contributed by atoms with E-state index in [4.69, 9.17) is 16.0 Å². The van der Waals surface area contributed by atoms with Crippen molar-refractivity contribution in [3.8, 4) is 0 Å². The lowest BCUT2D eigenvalue weighted by molar-refractivity contribution is 0.00397. The first-order valence-corrected chi connectivity index (χ1v) is 11.8. The zero-order chi connectivity index (χ0) is 22.2. The lowest BCUT2D eigenvalue weighted by atomic mass is 9.77. The van der Waals surface area contributed by atoms with Crippen LogP contribution in [0.3, 0.4) is 0 Å². The molecule has 3 aliphatic rings. The molecule has 5 rings (SSSR count). The van der Waals surface area contributed by atoms with Gasteiger partial charge in [-0.2, -0.15) is 0 Å². The molecule has 2 heterocycles. The summed E-state index contributed by atoms with van der Waals surface area (Å²) in [6, 6.07) is 5.65. The Kier molecular flexibility index (Phi) is 5.58. The van der Waals surface area contributed by atoms with E-state index in [0.717, 1.165) is 62.6 Å². The Morgan fingerprint density at radius 3 is 2.91 bits per heavy atom. The Balaban J connectivity index is 1.29. The van der Waals surface area contributed by atoms with E-state index < -0.39 is 0 Å². The number of imidazole rings is 1. The Hall–Kier alpha value is -2.59. The standard InChI is InChI=1S/C25H32N4O3/c1-26-20-7-8-21-22(12-20)28(18-27-21)14-19-6-5-11-25(13-19)16-29(23(30)32-25)15-24(17-31-2)9-3-4-10-24/h7-8,12,18-19H,3-6,9-11,13-17H2,2H3/t19-,25-/m0/s1. The summed E-state index contributed by atoms with van der Waals surface area (Å²) in [6.07, 6.45) is 10.4. The van der Waals surface area contributed by atoms with Crippen molar-refractivity contribution < 1.29 is 14.3 Å². The molecule has 1 saturated heterocycles. The first kappa shape index (κ1) is 21.3. The number of nitrogens with zero attached hydrogens (tertiary/aromatic N) is 4. The highest BCUT2D eigenvalue weighted by Crippen LogP contribution is 2.44. The summed E-state index contributed by atoms with van der Waals surface area (Å²) in [4.78, 5) is 22.9. The third kappa shape index (κ3) is 3.97. The van der Waals surface area contributed by atoms with Crippen molar-refractivity contribution in [2.75, 3.05) is 26.8 Å². The van der Waals surface area contributed by atoms with Crippen molar-refractivity contribution in [2.24, 2.45) is 11.3 Å². The van der Waals surface area contributed by atoms with Gasteiger partial charge >= 0.3 is 6.09 Å². The van der Waals surface area contributed by atoms with Crippen LogP contribution in [0.15, 0.2) is 24.5 Å². The van der Waals surface area contributed by atoms with Crippen LogP contribution in [0.5, 0.6) is 0 Å². The number of rotatable bonds is 6. The predicted molar refractivity (Wildman–Crippen MR) is 122 cm³/mol. The lowest BCUT2D eigenvalue weighted by Crippen LogP contribution is -2.43. The molecule has 1 aromatic heterocycles. The number of fused-ring (bicyclic) bond motifs is 1. The molecule has 1 amide bonds. The molecule has 3 fully saturated rings. The van der Waals surface area contributed by atoms with Gasteiger partial charge in [-0.25, -0.2) is 14.6 Å². The number of carbonyl (C=O) groups excluding carboxylic acids is 1. The molecule has 1 aliphatic heterocycles. The summed E-state index contributed by atoms with van der Waals surface area (Å²) in [6.45, 7) is 10.3. The van der Waals surface area contributed by atoms with Gasteiger partial charge in [-0.3, -0.25) is 0 Å². The van der Waals surface area contributed by atoms with Crippen LogP contribution in [0.2, 0.25) is 0 Å². The summed E-state index contributed by atoms with van der Waals surface area (Å²) in [5.74, 6) is 0.421. The van der Waals surface area contributed by atoms with Crippen molar-refractivity contribution in [1.29, 1.82) is 0 Å². The molecule has 0 N–H and O–H groups in total. The fourth-order valence-corrected chi connectivity index (χ4v) is 6.37. The minimum Gasteiger partial charge on any atom is -0.441 e. The number of aromatic nitrogens is 2. The minimum absolute atomic E-state index is 0.0870. The monoisotopic (exact) mass is 436 g/mol. The fraction of sp³-hybridized carbons (Fsp3) is 0.640. The van der Waals surface area contributed by atoms with Crippen LogP contribution >= 0.6 is 0 Å². The van der Waals surface area contributed by atoms with E-state index in [1.54, 1.807) is 7.11 Å². The highest BCUT2D eigenvalue weighted by Gasteiger charge is 2.50. The predicted octanol–water partition coefficient (Wildman–Crippen LogP) is 5.18. The molecule has 2 aromatic rings. The summed E-state index contributed by atoms with van der Waals surface area (Å²) in [7, 11) is 1.76. The maximum Gasteiger partial charge on any atom is 0.410 e. The van der Waals surface area contributed by atoms with Gasteiger partial charge in [-0.1, -0.05) is 18.9 Å². The quantitative estimate of drug-likeness (QED) is 0.586. The molecular weight excluding hydrogens is 404 g/mol. The van der Waals surface area contributed by atoms with E-state index in [0.29, 0.717) is 24.8 Å². The molecule has 32 heavy (non-hydrogen) atoms. The van der Waals surface area contributed by atoms with Gasteiger partial charge in [0.1, 0.15) is 5.60 Å². The first-order chi connectivity index (χ1) is 15.5. The van der Waals surface area contributed by atoms with Gasteiger partial charge in [0.15, 0.2) is 5.69 Å². The zero-order valence-corrected chi connectivity index (χ0v) is 18.9. The first-order valence-electron chi connectivity index (χ1n) is 11.8. The highest BCUT2D eigenvalue weighted by molar-refractivity contribution is 5.79. The van der Waals surface area contributed by atoms with Gasteiger partial charge in [0.2, 0.25) is 0 Å². The van der Waals surface area contributed by atoms with Crippen LogP contribution in [0.1, 0.15) is 51.4 Å². The van der Waals surface area contributed by atoms with Crippen molar-refractivity contribution in [2.45, 2.75) is 63.5 Å². The largest absolute Gasteiger partial charge is 0.441 e. The van der Waals surface area contributed by atoms with E-state index >= 15 is 0 Å². The van der Waals surface area contributed by atoms with E-state index in [9.17, 15) is 4.79 Å². The number of benzene rings is 1. The molecular formula is C25H32N4O3. The fourth-order valence-electron chi connectivity index (χ4n) is 6.37. The number of methoxy groups -OCH3 is 1. The van der Waals surface area contributed by atoms with Crippen LogP contribution in [-0.2, 0) is 16.0 Å². The number of hydrogen-bond donors (Lipinski definition) is 0. The van der Waals surface area contributed by atoms with Crippen LogP contribution in [0, 0.1) is 17.9 Å². The van der Waals surface area contributed by atoms with Crippen LogP contribution < -0.4 is 0 Å². The molecule has 0 unspecified atom stereocenters. The molecule has 2 aliphatic carbocycles. The Labute approximate surface area is 189 Å². The molecule has 1 spiro atoms. The maximum absolute atomic E-state index is 12.9. The molecule has 2 atom stereocenters. The Morgan fingerprint density at radius 2 is 2.12 bits per heavy atom. The van der Waals surface area contributed by atoms with Crippen molar-refractivity contribution in [1.82, 2.24) is 14.5 Å². The number of carbonyl (C=O) groups is 1. The SMILES string of the molecule is [C-]#[N+]c1ccc2ncn(C[C@H]3CCC[C@]4(C3)CN(CC3(COC)CCCC3)C(=O)O4)c2c1. The van der Waals surface area contributed by atoms with Gasteiger partial charge in [-0.05, 0) is 56.6 Å². The van der Waals surface area contributed by atoms with Crippen LogP contribution in [0.4, 0.5) is 10.5 Å². The Morgan fingerprint density at radius 1 is 1.28 bits per heavy atom. The van der Waals surface area contributed by atoms with Crippen LogP contribution in [-0.4, -0.2) is 53.0 Å². The molecule has 7 nitrogen and oxygen atoms in total. The second kappa shape index (κ2) is 8.40. The van der Waals surface area contributed by atoms with E-state index in [-0.39, 0.29) is 17.1 Å². The average Bonchev–Trinajstić information content (AvgIpc) is 3.47. The second-order valence-electron chi connectivity index (χ2n) is 10.2. The summed E-state index contributed by atoms with van der Waals surface area (Å²) < 4.78 is 13.8. The maximum atomic E-state index is 12.9. The zero-order valence-electron chi connectivity index (χ0n) is 18.9. The topological polar surface area (TPSA) is 61.0 Å². The molecule has 0 radical (unpaired) electrons. The molecule has 7 heteroatoms. The molecule has 2 saturated carbocycles. The van der Waals surface area contributed by atoms with E-state index in [1.807, 2.05) is 29.4 Å². The van der Waals surface area contributed by atoms with Crippen molar-refractivity contribution in [3.63, 3.8) is 0 Å². The van der Waals surface area contributed by atoms with Gasteiger partial charge in [0.05, 0.1) is 37.1 Å². The number of hydrogen-bond acceptors (Lipinski definition) is 4. The molecule has 1 aromatic carbocycles. The Bertz CT molecular complexity index is 1040. The van der Waals surface area contributed by atoms with Crippen LogP contribution in [0.25, 0.3) is 15.9 Å². The van der Waals surface area contributed by atoms with Crippen molar-refractivity contribution in [3.05, 3.63) is 35.9 Å². The van der Waals surface area contributed by atoms with Gasteiger partial charge in [-0.15, -0.1) is 0 Å². The highest BCUT2D eigenvalue weighted by atomic mass is 16.6. The summed E-state index contributed by atoms with van der Waals surface area (Å²) in [5, 5.41) is 0. The number of ether oxygens (including phenoxy) is 2. The van der Waals surface area contributed by atoms with E-state index in [2.05, 4.69) is 14.4 Å². The second-order valence-corrected chi connectivity index (χ2v) is 10.2. The summed E-state index contributed by atoms with van der Waals surface area (Å²) in [5.41, 5.74) is 2.28. The smallest absolute Gasteiger partial charge is 0.410 e. The normalized spacial score (nSPS) is 27.2. The summed E-state index contributed by atoms with van der Waals surface area (Å²) >= 11 is 0. The van der Waals surface area contributed by atoms with E-state index in [1.165, 1.54) is 12.8 Å². The third-order valence-electron chi connectivity index (χ3n) is 7.78. The van der Waals surface area contributed by atoms with Gasteiger partial charge in [0.25, 0.3) is 0 Å². The minimum atomic E-state index is -0.370. The lowest BCUT2D eigenvalue weighted by Gasteiger charge is -2.37. The van der Waals surface area contributed by atoms with Crippen molar-refractivity contribution >= 4 is 22.8 Å².